The van der Waals surface area contributed by atoms with Crippen molar-refractivity contribution in [2.75, 3.05) is 19.7 Å². The molecular weight excluding hydrogens is 222 g/mol. The van der Waals surface area contributed by atoms with Gasteiger partial charge in [-0.25, -0.2) is 0 Å². The van der Waals surface area contributed by atoms with Crippen LogP contribution in [0.2, 0.25) is 0 Å². The molecule has 1 fully saturated rings. The van der Waals surface area contributed by atoms with E-state index in [1.165, 1.54) is 24.0 Å². The molecule has 1 aliphatic heterocycles. The van der Waals surface area contributed by atoms with E-state index >= 15 is 0 Å². The second-order valence-corrected chi connectivity index (χ2v) is 5.51. The van der Waals surface area contributed by atoms with Crippen molar-refractivity contribution in [3.05, 3.63) is 35.4 Å². The Morgan fingerprint density at radius 2 is 1.83 bits per heavy atom. The van der Waals surface area contributed by atoms with Gasteiger partial charge in [-0.1, -0.05) is 38.1 Å². The van der Waals surface area contributed by atoms with E-state index in [4.69, 9.17) is 0 Å². The van der Waals surface area contributed by atoms with Crippen LogP contribution >= 0.6 is 0 Å². The van der Waals surface area contributed by atoms with E-state index in [-0.39, 0.29) is 12.6 Å². The number of aryl methyl sites for hydroxylation is 1. The summed E-state index contributed by atoms with van der Waals surface area (Å²) in [5, 5.41) is 9.68. The number of piperidine rings is 1. The van der Waals surface area contributed by atoms with Gasteiger partial charge in [0.1, 0.15) is 0 Å². The Bertz CT molecular complexity index is 352. The van der Waals surface area contributed by atoms with Gasteiger partial charge in [0.2, 0.25) is 0 Å². The Kier molecular flexibility index (Phi) is 4.79. The van der Waals surface area contributed by atoms with Gasteiger partial charge in [0, 0.05) is 0 Å². The molecule has 0 bridgehead atoms. The van der Waals surface area contributed by atoms with Crippen LogP contribution in [0.25, 0.3) is 0 Å². The summed E-state index contributed by atoms with van der Waals surface area (Å²) in [5.74, 6) is 0.836. The lowest BCUT2D eigenvalue weighted by atomic mass is 9.95. The summed E-state index contributed by atoms with van der Waals surface area (Å²) in [5.41, 5.74) is 2.62. The number of aliphatic hydroxyl groups is 1. The van der Waals surface area contributed by atoms with Crippen LogP contribution in [0.5, 0.6) is 0 Å². The highest BCUT2D eigenvalue weighted by atomic mass is 16.3. The van der Waals surface area contributed by atoms with Gasteiger partial charge in [0.15, 0.2) is 0 Å². The molecular formula is C16H25NO. The molecule has 0 amide bonds. The van der Waals surface area contributed by atoms with Crippen molar-refractivity contribution in [2.45, 2.75) is 39.2 Å². The summed E-state index contributed by atoms with van der Waals surface area (Å²) in [6, 6.07) is 8.91. The van der Waals surface area contributed by atoms with Gasteiger partial charge in [-0.05, 0) is 49.4 Å². The molecule has 18 heavy (non-hydrogen) atoms. The first-order valence-corrected chi connectivity index (χ1v) is 7.18. The first kappa shape index (κ1) is 13.6. The molecule has 1 aromatic carbocycles. The van der Waals surface area contributed by atoms with E-state index in [1.807, 2.05) is 0 Å². The van der Waals surface area contributed by atoms with Crippen molar-refractivity contribution < 1.29 is 5.11 Å². The van der Waals surface area contributed by atoms with Gasteiger partial charge < -0.3 is 5.11 Å². The molecule has 0 aliphatic carbocycles. The topological polar surface area (TPSA) is 23.5 Å². The molecule has 1 unspecified atom stereocenters. The van der Waals surface area contributed by atoms with Crippen LogP contribution in [-0.2, 0) is 6.42 Å². The normalized spacial score (nSPS) is 19.9. The summed E-state index contributed by atoms with van der Waals surface area (Å²) in [6.45, 7) is 6.94. The molecule has 1 aromatic rings. The first-order chi connectivity index (χ1) is 8.74. The molecule has 0 aromatic heterocycles. The summed E-state index contributed by atoms with van der Waals surface area (Å²) in [7, 11) is 0. The van der Waals surface area contributed by atoms with Crippen LogP contribution in [0.3, 0.4) is 0 Å². The number of likely N-dealkylation sites (tertiary alicyclic amines) is 1. The van der Waals surface area contributed by atoms with E-state index in [0.717, 1.165) is 25.4 Å². The lowest BCUT2D eigenvalue weighted by Gasteiger charge is -2.36. The maximum Gasteiger partial charge on any atom is 0.0628 e. The Balaban J connectivity index is 2.07. The van der Waals surface area contributed by atoms with Gasteiger partial charge >= 0.3 is 0 Å². The van der Waals surface area contributed by atoms with Crippen LogP contribution in [0.15, 0.2) is 24.3 Å². The maximum absolute atomic E-state index is 9.68. The molecule has 0 saturated carbocycles. The van der Waals surface area contributed by atoms with Gasteiger partial charge in [0.05, 0.1) is 12.6 Å². The molecule has 2 rings (SSSR count). The second-order valence-electron chi connectivity index (χ2n) is 5.51. The molecule has 1 aliphatic rings. The highest BCUT2D eigenvalue weighted by Gasteiger charge is 2.23. The van der Waals surface area contributed by atoms with Gasteiger partial charge in [0.25, 0.3) is 0 Å². The van der Waals surface area contributed by atoms with Crippen molar-refractivity contribution in [3.63, 3.8) is 0 Å². The van der Waals surface area contributed by atoms with E-state index in [9.17, 15) is 5.11 Å². The highest BCUT2D eigenvalue weighted by molar-refractivity contribution is 5.25. The third-order valence-electron chi connectivity index (χ3n) is 4.20. The number of aliphatic hydroxyl groups excluding tert-OH is 1. The second kappa shape index (κ2) is 6.35. The number of nitrogens with zero attached hydrogens (tertiary/aromatic N) is 1. The zero-order valence-corrected chi connectivity index (χ0v) is 11.6. The summed E-state index contributed by atoms with van der Waals surface area (Å²) < 4.78 is 0. The Morgan fingerprint density at radius 3 is 2.33 bits per heavy atom. The number of hydrogen-bond donors (Lipinski definition) is 1. The average Bonchev–Trinajstić information content (AvgIpc) is 2.42. The predicted octanol–water partition coefficient (Wildman–Crippen LogP) is 3.01. The third kappa shape index (κ3) is 3.12. The number of rotatable bonds is 4. The molecule has 2 nitrogen and oxygen atoms in total. The molecule has 100 valence electrons. The van der Waals surface area contributed by atoms with Crippen molar-refractivity contribution in [1.29, 1.82) is 0 Å². The monoisotopic (exact) mass is 247 g/mol. The quantitative estimate of drug-likeness (QED) is 0.884. The lowest BCUT2D eigenvalue weighted by Crippen LogP contribution is -2.37. The predicted molar refractivity (Wildman–Crippen MR) is 75.6 cm³/mol. The summed E-state index contributed by atoms with van der Waals surface area (Å²) >= 11 is 0. The number of hydrogen-bond acceptors (Lipinski definition) is 2. The maximum atomic E-state index is 9.68. The van der Waals surface area contributed by atoms with Crippen molar-refractivity contribution in [1.82, 2.24) is 4.90 Å². The van der Waals surface area contributed by atoms with Crippen LogP contribution in [0.4, 0.5) is 0 Å². The first-order valence-electron chi connectivity index (χ1n) is 7.18. The molecule has 1 N–H and O–H groups in total. The van der Waals surface area contributed by atoms with Crippen LogP contribution < -0.4 is 0 Å². The Morgan fingerprint density at radius 1 is 1.22 bits per heavy atom. The standard InChI is InChI=1S/C16H25NO/c1-3-14-4-6-15(7-5-14)16(12-18)17-10-8-13(2)9-11-17/h4-7,13,16,18H,3,8-12H2,1-2H3. The third-order valence-corrected chi connectivity index (χ3v) is 4.20. The molecule has 2 heteroatoms. The van der Waals surface area contributed by atoms with Crippen LogP contribution in [0.1, 0.15) is 43.9 Å². The zero-order chi connectivity index (χ0) is 13.0. The fourth-order valence-electron chi connectivity index (χ4n) is 2.75. The van der Waals surface area contributed by atoms with Gasteiger partial charge in [-0.15, -0.1) is 0 Å². The fourth-order valence-corrected chi connectivity index (χ4v) is 2.75. The SMILES string of the molecule is CCc1ccc(C(CO)N2CCC(C)CC2)cc1. The van der Waals surface area contributed by atoms with Crippen LogP contribution in [0, 0.1) is 5.92 Å². The minimum Gasteiger partial charge on any atom is -0.394 e. The van der Waals surface area contributed by atoms with E-state index in [2.05, 4.69) is 43.0 Å². The summed E-state index contributed by atoms with van der Waals surface area (Å²) in [6.07, 6.45) is 3.58. The molecule has 0 radical (unpaired) electrons. The molecule has 0 spiro atoms. The molecule has 1 atom stereocenters. The largest absolute Gasteiger partial charge is 0.394 e. The van der Waals surface area contributed by atoms with Gasteiger partial charge in [-0.3, -0.25) is 4.90 Å². The van der Waals surface area contributed by atoms with E-state index < -0.39 is 0 Å². The van der Waals surface area contributed by atoms with E-state index in [0.29, 0.717) is 0 Å². The minimum atomic E-state index is 0.184. The molecule has 1 heterocycles. The Labute approximate surface area is 111 Å². The zero-order valence-electron chi connectivity index (χ0n) is 11.6. The summed E-state index contributed by atoms with van der Waals surface area (Å²) in [4.78, 5) is 2.43. The van der Waals surface area contributed by atoms with Crippen molar-refractivity contribution in [3.8, 4) is 0 Å². The highest BCUT2D eigenvalue weighted by Crippen LogP contribution is 2.26. The molecule has 1 saturated heterocycles. The lowest BCUT2D eigenvalue weighted by molar-refractivity contribution is 0.0897. The Hall–Kier alpha value is -0.860. The van der Waals surface area contributed by atoms with Crippen LogP contribution in [-0.4, -0.2) is 29.7 Å². The minimum absolute atomic E-state index is 0.184. The average molecular weight is 247 g/mol. The van der Waals surface area contributed by atoms with Crippen molar-refractivity contribution >= 4 is 0 Å². The number of benzene rings is 1. The van der Waals surface area contributed by atoms with Crippen molar-refractivity contribution in [2.24, 2.45) is 5.92 Å². The van der Waals surface area contributed by atoms with E-state index in [1.54, 1.807) is 0 Å². The fraction of sp³-hybridized carbons (Fsp3) is 0.625. The van der Waals surface area contributed by atoms with Gasteiger partial charge in [-0.2, -0.15) is 0 Å². The smallest absolute Gasteiger partial charge is 0.0628 e.